The maximum atomic E-state index is 12.3. The van der Waals surface area contributed by atoms with Gasteiger partial charge in [-0.25, -0.2) is 4.79 Å². The van der Waals surface area contributed by atoms with E-state index in [0.717, 1.165) is 44.5 Å². The summed E-state index contributed by atoms with van der Waals surface area (Å²) in [5.41, 5.74) is 7.30. The lowest BCUT2D eigenvalue weighted by Gasteiger charge is -2.19. The number of hydrogen-bond donors (Lipinski definition) is 0. The van der Waals surface area contributed by atoms with Gasteiger partial charge in [-0.05, 0) is 45.5 Å². The molecular formula is C32H22O3. The third-order valence-corrected chi connectivity index (χ3v) is 5.88. The van der Waals surface area contributed by atoms with Gasteiger partial charge in [0.1, 0.15) is 5.75 Å². The van der Waals surface area contributed by atoms with Gasteiger partial charge in [0.2, 0.25) is 6.29 Å². The van der Waals surface area contributed by atoms with Crippen molar-refractivity contribution >= 4 is 12.3 Å². The molecule has 0 saturated heterocycles. The van der Waals surface area contributed by atoms with Gasteiger partial charge in [-0.1, -0.05) is 115 Å². The summed E-state index contributed by atoms with van der Waals surface area (Å²) < 4.78 is 5.74. The van der Waals surface area contributed by atoms with E-state index in [1.807, 2.05) is 109 Å². The second-order valence-electron chi connectivity index (χ2n) is 8.08. The van der Waals surface area contributed by atoms with Crippen LogP contribution in [0.3, 0.4) is 0 Å². The normalized spacial score (nSPS) is 10.5. The van der Waals surface area contributed by atoms with E-state index in [1.54, 1.807) is 0 Å². The lowest BCUT2D eigenvalue weighted by atomic mass is 9.89. The van der Waals surface area contributed by atoms with Crippen LogP contribution in [0, 0.1) is 0 Å². The fraction of sp³-hybridized carbons (Fsp3) is 0. The molecule has 0 atom stereocenters. The molecule has 168 valence electrons. The third-order valence-electron chi connectivity index (χ3n) is 5.88. The molecule has 0 aliphatic rings. The van der Waals surface area contributed by atoms with Gasteiger partial charge in [-0.3, -0.25) is 4.79 Å². The Morgan fingerprint density at radius 3 is 1.66 bits per heavy atom. The summed E-state index contributed by atoms with van der Waals surface area (Å²) >= 11 is 0. The first-order valence-electron chi connectivity index (χ1n) is 11.4. The number of hydrogen-bond acceptors (Lipinski definition) is 3. The number of benzene rings is 5. The molecule has 0 unspecified atom stereocenters. The molecule has 0 aliphatic carbocycles. The van der Waals surface area contributed by atoms with E-state index in [2.05, 4.69) is 18.2 Å². The van der Waals surface area contributed by atoms with Crippen LogP contribution in [0.25, 0.3) is 44.5 Å². The molecule has 0 aliphatic heterocycles. The van der Waals surface area contributed by atoms with Crippen molar-refractivity contribution in [1.29, 1.82) is 0 Å². The lowest BCUT2D eigenvalue weighted by Crippen LogP contribution is -2.10. The molecular weight excluding hydrogens is 432 g/mol. The highest BCUT2D eigenvalue weighted by atomic mass is 16.5. The average Bonchev–Trinajstić information content (AvgIpc) is 2.94. The Bertz CT molecular complexity index is 1470. The van der Waals surface area contributed by atoms with Crippen LogP contribution in [0.1, 0.15) is 0 Å². The minimum absolute atomic E-state index is 0.203. The minimum Gasteiger partial charge on any atom is -0.420 e. The molecule has 3 heteroatoms. The molecule has 5 aromatic rings. The molecule has 0 N–H and O–H groups in total. The fourth-order valence-corrected chi connectivity index (χ4v) is 4.29. The number of carbonyl (C=O) groups excluding carboxylic acids is 2. The maximum absolute atomic E-state index is 12.3. The van der Waals surface area contributed by atoms with Gasteiger partial charge in [0.25, 0.3) is 0 Å². The summed E-state index contributed by atoms with van der Waals surface area (Å²) in [6.45, 7) is 0. The highest BCUT2D eigenvalue weighted by molar-refractivity contribution is 6.21. The quantitative estimate of drug-likeness (QED) is 0.116. The summed E-state index contributed by atoms with van der Waals surface area (Å²) in [6.07, 6.45) is 0.203. The smallest absolute Gasteiger partial charge is 0.376 e. The second-order valence-corrected chi connectivity index (χ2v) is 8.08. The van der Waals surface area contributed by atoms with Crippen molar-refractivity contribution < 1.29 is 14.3 Å². The van der Waals surface area contributed by atoms with Gasteiger partial charge >= 0.3 is 5.97 Å². The van der Waals surface area contributed by atoms with Crippen molar-refractivity contribution in [2.45, 2.75) is 0 Å². The number of ether oxygens (including phenoxy) is 1. The van der Waals surface area contributed by atoms with E-state index in [1.165, 1.54) is 0 Å². The summed E-state index contributed by atoms with van der Waals surface area (Å²) in [6, 6.07) is 41.9. The number of rotatable bonds is 6. The molecule has 0 heterocycles. The Kier molecular flexibility index (Phi) is 6.31. The highest BCUT2D eigenvalue weighted by Crippen LogP contribution is 2.45. The molecule has 0 spiro atoms. The summed E-state index contributed by atoms with van der Waals surface area (Å²) in [5.74, 6) is -0.576. The maximum Gasteiger partial charge on any atom is 0.376 e. The van der Waals surface area contributed by atoms with E-state index in [0.29, 0.717) is 5.75 Å². The molecule has 0 fully saturated rings. The topological polar surface area (TPSA) is 43.4 Å². The Labute approximate surface area is 204 Å². The molecule has 5 aromatic carbocycles. The average molecular weight is 455 g/mol. The van der Waals surface area contributed by atoms with Crippen molar-refractivity contribution in [3.8, 4) is 50.3 Å². The highest BCUT2D eigenvalue weighted by Gasteiger charge is 2.21. The van der Waals surface area contributed by atoms with Crippen LogP contribution >= 0.6 is 0 Å². The lowest BCUT2D eigenvalue weighted by molar-refractivity contribution is -0.141. The molecule has 0 bridgehead atoms. The van der Waals surface area contributed by atoms with Crippen LogP contribution in [0.15, 0.2) is 127 Å². The summed E-state index contributed by atoms with van der Waals surface area (Å²) in [7, 11) is 0. The first-order valence-corrected chi connectivity index (χ1v) is 11.4. The zero-order valence-corrected chi connectivity index (χ0v) is 18.9. The van der Waals surface area contributed by atoms with Gasteiger partial charge in [0.05, 0.1) is 0 Å². The summed E-state index contributed by atoms with van der Waals surface area (Å²) in [4.78, 5) is 23.6. The van der Waals surface area contributed by atoms with E-state index >= 15 is 0 Å². The van der Waals surface area contributed by atoms with Gasteiger partial charge in [0, 0.05) is 11.1 Å². The molecule has 0 amide bonds. The van der Waals surface area contributed by atoms with E-state index in [-0.39, 0.29) is 6.29 Å². The number of carbonyl (C=O) groups is 2. The second kappa shape index (κ2) is 10.0. The van der Waals surface area contributed by atoms with Crippen LogP contribution in [-0.4, -0.2) is 12.3 Å². The van der Waals surface area contributed by atoms with Gasteiger partial charge in [-0.15, -0.1) is 0 Å². The molecule has 0 aromatic heterocycles. The van der Waals surface area contributed by atoms with E-state index in [4.69, 9.17) is 4.74 Å². The molecule has 0 saturated carbocycles. The van der Waals surface area contributed by atoms with Crippen LogP contribution in [0.4, 0.5) is 0 Å². The van der Waals surface area contributed by atoms with Crippen LogP contribution in [-0.2, 0) is 9.59 Å². The number of aldehydes is 1. The standard InChI is InChI=1S/C32H22O3/c33-22-30(34)35-32-29(27-18-10-17-26(21-27)23-11-4-1-5-12-23)20-19-28(24-13-6-2-7-14-24)31(32)25-15-8-3-9-16-25/h1-22H. The predicted molar refractivity (Wildman–Crippen MR) is 140 cm³/mol. The van der Waals surface area contributed by atoms with E-state index < -0.39 is 5.97 Å². The molecule has 0 radical (unpaired) electrons. The number of esters is 1. The van der Waals surface area contributed by atoms with Crippen molar-refractivity contribution in [1.82, 2.24) is 0 Å². The van der Waals surface area contributed by atoms with Gasteiger partial charge in [0.15, 0.2) is 0 Å². The first kappa shape index (κ1) is 22.1. The van der Waals surface area contributed by atoms with Crippen LogP contribution in [0.5, 0.6) is 5.75 Å². The predicted octanol–water partition coefficient (Wildman–Crippen LogP) is 7.46. The SMILES string of the molecule is O=CC(=O)Oc1c(-c2cccc(-c3ccccc3)c2)ccc(-c2ccccc2)c1-c1ccccc1. The van der Waals surface area contributed by atoms with Crippen molar-refractivity contribution in [2.75, 3.05) is 0 Å². The minimum atomic E-state index is -0.937. The third kappa shape index (κ3) is 4.66. The van der Waals surface area contributed by atoms with Gasteiger partial charge in [-0.2, -0.15) is 0 Å². The fourth-order valence-electron chi connectivity index (χ4n) is 4.29. The largest absolute Gasteiger partial charge is 0.420 e. The molecule has 3 nitrogen and oxygen atoms in total. The Morgan fingerprint density at radius 2 is 1.03 bits per heavy atom. The first-order chi connectivity index (χ1) is 17.2. The Balaban J connectivity index is 1.78. The molecule has 5 rings (SSSR count). The Hall–Kier alpha value is -4.76. The van der Waals surface area contributed by atoms with Crippen LogP contribution in [0.2, 0.25) is 0 Å². The van der Waals surface area contributed by atoms with Crippen molar-refractivity contribution in [3.05, 3.63) is 127 Å². The zero-order chi connectivity index (χ0) is 24.0. The van der Waals surface area contributed by atoms with Crippen molar-refractivity contribution in [2.24, 2.45) is 0 Å². The molecule has 35 heavy (non-hydrogen) atoms. The zero-order valence-electron chi connectivity index (χ0n) is 18.9. The van der Waals surface area contributed by atoms with Gasteiger partial charge < -0.3 is 4.74 Å². The monoisotopic (exact) mass is 454 g/mol. The Morgan fingerprint density at radius 1 is 0.514 bits per heavy atom. The van der Waals surface area contributed by atoms with E-state index in [9.17, 15) is 9.59 Å². The van der Waals surface area contributed by atoms with Crippen molar-refractivity contribution in [3.63, 3.8) is 0 Å². The van der Waals surface area contributed by atoms with Crippen LogP contribution < -0.4 is 4.74 Å². The summed E-state index contributed by atoms with van der Waals surface area (Å²) in [5, 5.41) is 0.